The van der Waals surface area contributed by atoms with Gasteiger partial charge in [0, 0.05) is 44.1 Å². The maximum absolute atomic E-state index is 14.9. The van der Waals surface area contributed by atoms with E-state index in [-0.39, 0.29) is 63.9 Å². The van der Waals surface area contributed by atoms with Crippen LogP contribution in [0.2, 0.25) is 0 Å². The van der Waals surface area contributed by atoms with Crippen molar-refractivity contribution < 1.29 is 53.0 Å². The Bertz CT molecular complexity index is 2470. The van der Waals surface area contributed by atoms with E-state index in [0.29, 0.717) is 66.7 Å². The molecular weight excluding hydrogens is 865 g/mol. The zero-order valence-electron chi connectivity index (χ0n) is 38.8. The van der Waals surface area contributed by atoms with Crippen molar-refractivity contribution in [2.24, 2.45) is 22.9 Å². The first-order chi connectivity index (χ1) is 33.4. The molecule has 7 unspecified atom stereocenters. The van der Waals surface area contributed by atoms with Crippen LogP contribution >= 0.6 is 0 Å². The molecule has 2 aliphatic carbocycles. The summed E-state index contributed by atoms with van der Waals surface area (Å²) in [6.07, 6.45) is 12.5. The molecule has 2 N–H and O–H groups in total. The van der Waals surface area contributed by atoms with Crippen LogP contribution in [0.25, 0.3) is 10.8 Å². The minimum atomic E-state index is -1.50. The molecule has 0 radical (unpaired) electrons. The lowest BCUT2D eigenvalue weighted by atomic mass is 9.55. The lowest BCUT2D eigenvalue weighted by Gasteiger charge is -2.59. The van der Waals surface area contributed by atoms with Crippen LogP contribution in [0.15, 0.2) is 121 Å². The van der Waals surface area contributed by atoms with Crippen LogP contribution in [0.3, 0.4) is 0 Å². The molecule has 2 fully saturated rings. The SMILES string of the molecule is C=CCCOC(=O)N(Cc1ccc2c(c1)OCO2)C1CC(=NOC2CCCCO2)C2=CC(CCCCO)C(CCCCO)C3c4cc(Oc5ccc6ccccc6c5)ccc4OC1(OCC=C)C23. The van der Waals surface area contributed by atoms with Gasteiger partial charge in [0.1, 0.15) is 23.3 Å². The van der Waals surface area contributed by atoms with Gasteiger partial charge in [0.15, 0.2) is 11.5 Å². The smallest absolute Gasteiger partial charge is 0.410 e. The highest BCUT2D eigenvalue weighted by molar-refractivity contribution is 6.03. The molecule has 1 saturated carbocycles. The summed E-state index contributed by atoms with van der Waals surface area (Å²) in [5, 5.41) is 27.3. The van der Waals surface area contributed by atoms with E-state index in [2.05, 4.69) is 43.5 Å². The second-order valence-electron chi connectivity index (χ2n) is 18.3. The highest BCUT2D eigenvalue weighted by Gasteiger charge is 2.66. The number of aliphatic hydroxyl groups is 2. The number of carbonyl (C=O) groups is 1. The van der Waals surface area contributed by atoms with Crippen LogP contribution in [0, 0.1) is 17.8 Å². The maximum Gasteiger partial charge on any atom is 0.410 e. The van der Waals surface area contributed by atoms with Gasteiger partial charge in [-0.1, -0.05) is 72.6 Å². The fourth-order valence-corrected chi connectivity index (χ4v) is 10.8. The summed E-state index contributed by atoms with van der Waals surface area (Å²) in [6, 6.07) is 25.1. The van der Waals surface area contributed by atoms with E-state index in [4.69, 9.17) is 43.2 Å². The zero-order valence-corrected chi connectivity index (χ0v) is 38.8. The summed E-state index contributed by atoms with van der Waals surface area (Å²) >= 11 is 0. The fourth-order valence-electron chi connectivity index (χ4n) is 10.8. The summed E-state index contributed by atoms with van der Waals surface area (Å²) in [7, 11) is 0. The van der Waals surface area contributed by atoms with Crippen molar-refractivity contribution in [2.45, 2.75) is 101 Å². The molecule has 9 rings (SSSR count). The Morgan fingerprint density at radius 2 is 1.66 bits per heavy atom. The monoisotopic (exact) mass is 928 g/mol. The van der Waals surface area contributed by atoms with Gasteiger partial charge in [-0.05, 0) is 121 Å². The van der Waals surface area contributed by atoms with E-state index < -0.39 is 30.1 Å². The van der Waals surface area contributed by atoms with E-state index in [0.717, 1.165) is 66.0 Å². The Kier molecular flexibility index (Phi) is 15.3. The third-order valence-corrected chi connectivity index (χ3v) is 14.0. The predicted molar refractivity (Wildman–Crippen MR) is 258 cm³/mol. The number of unbranched alkanes of at least 4 members (excludes halogenated alkanes) is 2. The molecule has 13 nitrogen and oxygen atoms in total. The molecule has 7 atom stereocenters. The van der Waals surface area contributed by atoms with Gasteiger partial charge in [-0.15, -0.1) is 13.2 Å². The van der Waals surface area contributed by atoms with Gasteiger partial charge in [0.25, 0.3) is 0 Å². The van der Waals surface area contributed by atoms with E-state index in [1.807, 2.05) is 54.6 Å². The average Bonchev–Trinajstić information content (AvgIpc) is 3.84. The molecule has 0 aromatic heterocycles. The van der Waals surface area contributed by atoms with Gasteiger partial charge in [0.2, 0.25) is 18.9 Å². The van der Waals surface area contributed by atoms with Crippen molar-refractivity contribution in [3.05, 3.63) is 127 Å². The number of amides is 1. The molecule has 3 heterocycles. The Morgan fingerprint density at radius 1 is 0.868 bits per heavy atom. The van der Waals surface area contributed by atoms with Crippen LogP contribution in [-0.2, 0) is 25.6 Å². The summed E-state index contributed by atoms with van der Waals surface area (Å²) in [5.41, 5.74) is 3.33. The molecule has 13 heteroatoms. The molecule has 0 bridgehead atoms. The lowest BCUT2D eigenvalue weighted by molar-refractivity contribution is -0.256. The van der Waals surface area contributed by atoms with Crippen molar-refractivity contribution in [1.29, 1.82) is 0 Å². The first-order valence-corrected chi connectivity index (χ1v) is 24.4. The highest BCUT2D eigenvalue weighted by atomic mass is 16.8. The second-order valence-corrected chi connectivity index (χ2v) is 18.3. The van der Waals surface area contributed by atoms with Crippen LogP contribution in [0.5, 0.6) is 28.7 Å². The molecule has 68 heavy (non-hydrogen) atoms. The van der Waals surface area contributed by atoms with Gasteiger partial charge in [-0.2, -0.15) is 0 Å². The average molecular weight is 929 g/mol. The molecule has 1 amide bonds. The van der Waals surface area contributed by atoms with Crippen LogP contribution in [-0.4, -0.2) is 84.9 Å². The zero-order chi connectivity index (χ0) is 46.9. The molecule has 360 valence electrons. The number of nitrogens with zero attached hydrogens (tertiary/aromatic N) is 2. The fraction of sp³-hybridized carbons (Fsp3) is 0.455. The lowest BCUT2D eigenvalue weighted by Crippen LogP contribution is -2.70. The number of rotatable bonds is 21. The van der Waals surface area contributed by atoms with E-state index >= 15 is 0 Å². The minimum Gasteiger partial charge on any atom is -0.459 e. The van der Waals surface area contributed by atoms with Crippen LogP contribution in [0.1, 0.15) is 87.7 Å². The van der Waals surface area contributed by atoms with Gasteiger partial charge in [0.05, 0.1) is 31.5 Å². The third kappa shape index (κ3) is 10.1. The minimum absolute atomic E-state index is 0.0173. The van der Waals surface area contributed by atoms with Crippen LogP contribution in [0.4, 0.5) is 4.79 Å². The van der Waals surface area contributed by atoms with E-state index in [1.54, 1.807) is 17.1 Å². The van der Waals surface area contributed by atoms with Crippen molar-refractivity contribution >= 4 is 22.6 Å². The molecule has 3 aliphatic heterocycles. The molecule has 4 aromatic carbocycles. The summed E-state index contributed by atoms with van der Waals surface area (Å²) in [5.74, 6) is 0.961. The maximum atomic E-state index is 14.9. The molecule has 1 saturated heterocycles. The molecule has 0 spiro atoms. The number of aliphatic hydroxyl groups excluding tert-OH is 2. The van der Waals surface area contributed by atoms with Crippen molar-refractivity contribution in [3.63, 3.8) is 0 Å². The number of hydrogen-bond donors (Lipinski definition) is 2. The van der Waals surface area contributed by atoms with Gasteiger partial charge < -0.3 is 48.2 Å². The number of fused-ring (bicyclic) bond motifs is 4. The summed E-state index contributed by atoms with van der Waals surface area (Å²) < 4.78 is 44.9. The normalized spacial score (nSPS) is 25.1. The largest absolute Gasteiger partial charge is 0.459 e. The Balaban J connectivity index is 1.23. The molecule has 4 aromatic rings. The number of ether oxygens (including phenoxy) is 7. The number of hydrogen-bond acceptors (Lipinski definition) is 12. The third-order valence-electron chi connectivity index (χ3n) is 14.0. The number of benzene rings is 4. The topological polar surface area (TPSA) is 147 Å². The Morgan fingerprint density at radius 3 is 2.47 bits per heavy atom. The second kappa shape index (κ2) is 22.1. The van der Waals surface area contributed by atoms with Crippen molar-refractivity contribution in [1.82, 2.24) is 4.90 Å². The summed E-state index contributed by atoms with van der Waals surface area (Å²) in [6.45, 7) is 9.16. The quantitative estimate of drug-likeness (QED) is 0.0467. The standard InChI is InChI=1S/C55H64N2O11/c1-3-5-28-62-54(60)57(35-37-19-23-48-49(30-37)64-36-63-48)50-34-46(56-68-51-18-10-13-29-61-51)44-32-40(16-8-11-25-58)43(17-9-12-26-59)52-45-33-42(66-41-21-20-38-14-6-7-15-39(38)31-41)22-24-47(45)67-55(50,53(44)52)65-27-4-2/h3-4,6-7,14-15,19-24,30-33,40,43,50-53,58-59H,1-2,5,8-13,16-18,25-29,34-36H2. The first-order valence-electron chi connectivity index (χ1n) is 24.4. The molecular formula is C55H64N2O11. The van der Waals surface area contributed by atoms with E-state index in [1.165, 1.54) is 0 Å². The number of allylic oxidation sites excluding steroid dienone is 1. The van der Waals surface area contributed by atoms with Gasteiger partial charge >= 0.3 is 6.09 Å². The number of carbonyl (C=O) groups excluding carboxylic acids is 1. The Hall–Kier alpha value is -5.86. The van der Waals surface area contributed by atoms with Crippen molar-refractivity contribution in [3.8, 4) is 28.7 Å². The number of oxime groups is 1. The van der Waals surface area contributed by atoms with E-state index in [9.17, 15) is 15.0 Å². The highest BCUT2D eigenvalue weighted by Crippen LogP contribution is 2.62. The Labute approximate surface area is 398 Å². The van der Waals surface area contributed by atoms with Crippen LogP contribution < -0.4 is 18.9 Å². The summed E-state index contributed by atoms with van der Waals surface area (Å²) in [4.78, 5) is 23.0. The molecule has 5 aliphatic rings. The predicted octanol–water partition coefficient (Wildman–Crippen LogP) is 10.7. The first kappa shape index (κ1) is 47.2. The van der Waals surface area contributed by atoms with Gasteiger partial charge in [-0.25, -0.2) is 4.79 Å². The van der Waals surface area contributed by atoms with Gasteiger partial charge in [-0.3, -0.25) is 4.90 Å². The van der Waals surface area contributed by atoms with Crippen molar-refractivity contribution in [2.75, 3.05) is 39.8 Å².